The first-order valence-electron chi connectivity index (χ1n) is 10.6. The van der Waals surface area contributed by atoms with Crippen molar-refractivity contribution in [1.29, 1.82) is 0 Å². The molecule has 184 valence electrons. The summed E-state index contributed by atoms with van der Waals surface area (Å²) in [6.07, 6.45) is 0. The van der Waals surface area contributed by atoms with E-state index in [4.69, 9.17) is 17.3 Å². The first-order valence-corrected chi connectivity index (χ1v) is 12.6. The third-order valence-corrected chi connectivity index (χ3v) is 8.81. The van der Waals surface area contributed by atoms with Crippen molar-refractivity contribution >= 4 is 64.1 Å². The molecular weight excluding hydrogens is 528 g/mol. The number of hydrogen-bond acceptors (Lipinski definition) is 8. The number of hydrogen-bond donors (Lipinski definition) is 3. The second-order valence-electron chi connectivity index (χ2n) is 8.16. The first kappa shape index (κ1) is 24.1. The Labute approximate surface area is 216 Å². The molecular formula is C23H17ClN4O6S2. The number of fused-ring (bicyclic) bond motifs is 2. The number of halogens is 1. The highest BCUT2D eigenvalue weighted by Gasteiger charge is 2.57. The van der Waals surface area contributed by atoms with Crippen molar-refractivity contribution in [3.05, 3.63) is 73.7 Å². The molecule has 3 atom stereocenters. The lowest BCUT2D eigenvalue weighted by Gasteiger charge is -2.30. The maximum atomic E-state index is 13.1. The molecule has 36 heavy (non-hydrogen) atoms. The lowest BCUT2D eigenvalue weighted by Crippen LogP contribution is -2.41. The van der Waals surface area contributed by atoms with Crippen molar-refractivity contribution < 1.29 is 24.3 Å². The number of likely N-dealkylation sites (tertiary alicyclic amines) is 1. The molecule has 0 bridgehead atoms. The van der Waals surface area contributed by atoms with E-state index in [1.54, 1.807) is 36.4 Å². The molecule has 2 unspecified atom stereocenters. The zero-order valence-electron chi connectivity index (χ0n) is 18.2. The summed E-state index contributed by atoms with van der Waals surface area (Å²) < 4.78 is 1.25. The van der Waals surface area contributed by atoms with E-state index in [0.717, 1.165) is 23.1 Å². The van der Waals surface area contributed by atoms with Gasteiger partial charge in [0.25, 0.3) is 5.91 Å². The monoisotopic (exact) mass is 544 g/mol. The Kier molecular flexibility index (Phi) is 6.10. The molecule has 1 fully saturated rings. The van der Waals surface area contributed by atoms with Crippen molar-refractivity contribution in [1.82, 2.24) is 9.47 Å². The quantitative estimate of drug-likeness (QED) is 0.427. The fourth-order valence-electron chi connectivity index (χ4n) is 4.39. The summed E-state index contributed by atoms with van der Waals surface area (Å²) in [4.78, 5) is 64.3. The molecule has 3 aromatic rings. The van der Waals surface area contributed by atoms with E-state index < -0.39 is 45.7 Å². The van der Waals surface area contributed by atoms with Crippen molar-refractivity contribution in [3.63, 3.8) is 0 Å². The number of anilines is 1. The molecule has 10 nitrogen and oxygen atoms in total. The summed E-state index contributed by atoms with van der Waals surface area (Å²) in [5.41, 5.74) is 6.37. The second kappa shape index (κ2) is 9.12. The Morgan fingerprint density at radius 3 is 2.33 bits per heavy atom. The van der Waals surface area contributed by atoms with Crippen molar-refractivity contribution in [2.24, 2.45) is 11.7 Å². The van der Waals surface area contributed by atoms with Crippen LogP contribution >= 0.6 is 34.7 Å². The van der Waals surface area contributed by atoms with Gasteiger partial charge in [0.15, 0.2) is 0 Å². The van der Waals surface area contributed by atoms with Gasteiger partial charge in [0.1, 0.15) is 17.5 Å². The van der Waals surface area contributed by atoms with Crippen LogP contribution in [0.5, 0.6) is 5.75 Å². The van der Waals surface area contributed by atoms with E-state index in [1.165, 1.54) is 16.7 Å². The van der Waals surface area contributed by atoms with E-state index in [-0.39, 0.29) is 12.3 Å². The lowest BCUT2D eigenvalue weighted by atomic mass is 9.83. The number of rotatable bonds is 4. The van der Waals surface area contributed by atoms with E-state index in [9.17, 15) is 29.1 Å². The largest absolute Gasteiger partial charge is 0.508 e. The summed E-state index contributed by atoms with van der Waals surface area (Å²) in [6.45, 7) is -0.332. The number of phenolic OH excluding ortho intramolecular Hbond substituents is 1. The summed E-state index contributed by atoms with van der Waals surface area (Å²) in [7, 11) is 0. The number of aromatic nitrogens is 1. The number of phenols is 1. The van der Waals surface area contributed by atoms with Crippen LogP contribution in [0.25, 0.3) is 0 Å². The van der Waals surface area contributed by atoms with Gasteiger partial charge < -0.3 is 16.2 Å². The molecule has 5 amide bonds. The minimum absolute atomic E-state index is 0.00192. The SMILES string of the molecule is NC(=O)N1C(=O)C2Sc3c(sc(=O)n3CC(=O)Nc3ccc(Cl)cc3)[C@@H](c3ccc(O)cc3)C2C1=O. The Bertz CT molecular complexity index is 1470. The number of nitrogens with one attached hydrogen (secondary N) is 1. The maximum Gasteiger partial charge on any atom is 0.328 e. The van der Waals surface area contributed by atoms with Crippen LogP contribution in [0.4, 0.5) is 10.5 Å². The topological polar surface area (TPSA) is 152 Å². The molecule has 0 saturated carbocycles. The van der Waals surface area contributed by atoms with Crippen LogP contribution in [-0.2, 0) is 20.9 Å². The predicted molar refractivity (Wildman–Crippen MR) is 133 cm³/mol. The Morgan fingerprint density at radius 2 is 1.69 bits per heavy atom. The average molecular weight is 545 g/mol. The molecule has 1 aromatic heterocycles. The number of amides is 5. The number of nitrogens with zero attached hydrogens (tertiary/aromatic N) is 2. The third-order valence-electron chi connectivity index (χ3n) is 5.95. The van der Waals surface area contributed by atoms with Gasteiger partial charge in [-0.15, -0.1) is 0 Å². The number of carbonyl (C=O) groups is 4. The number of primary amides is 1. The van der Waals surface area contributed by atoms with E-state index in [0.29, 0.717) is 31.1 Å². The molecule has 0 aliphatic carbocycles. The number of thioether (sulfide) groups is 1. The normalized spacial score (nSPS) is 20.7. The maximum absolute atomic E-state index is 13.1. The van der Waals surface area contributed by atoms with Gasteiger partial charge in [-0.1, -0.05) is 46.8 Å². The van der Waals surface area contributed by atoms with Gasteiger partial charge in [0.05, 0.1) is 10.9 Å². The Hall–Kier alpha value is -3.61. The van der Waals surface area contributed by atoms with Crippen LogP contribution in [0, 0.1) is 5.92 Å². The lowest BCUT2D eigenvalue weighted by molar-refractivity contribution is -0.135. The number of nitrogens with two attached hydrogens (primary N) is 1. The summed E-state index contributed by atoms with van der Waals surface area (Å²) in [5.74, 6) is -3.74. The molecule has 1 saturated heterocycles. The number of urea groups is 1. The number of thiazole rings is 1. The zero-order chi connectivity index (χ0) is 25.7. The molecule has 3 heterocycles. The Balaban J connectivity index is 1.55. The van der Waals surface area contributed by atoms with Crippen LogP contribution < -0.4 is 15.9 Å². The standard InChI is InChI=1S/C23H17ClN4O6S2/c24-11-3-5-12(6-4-11)26-14(30)9-27-21-18(36-23(27)34)15(10-1-7-13(29)8-2-10)16-17(35-21)20(32)28(19(16)31)22(25)33/h1-8,15-17,29H,9H2,(H2,25,33)(H,26,30)/t15-,16?,17?/m0/s1. The molecule has 2 aliphatic rings. The molecule has 13 heteroatoms. The van der Waals surface area contributed by atoms with Crippen molar-refractivity contribution in [2.75, 3.05) is 5.32 Å². The van der Waals surface area contributed by atoms with Crippen LogP contribution in [-0.4, -0.2) is 43.6 Å². The smallest absolute Gasteiger partial charge is 0.328 e. The van der Waals surface area contributed by atoms with E-state index in [1.807, 2.05) is 0 Å². The van der Waals surface area contributed by atoms with Crippen LogP contribution in [0.3, 0.4) is 0 Å². The number of benzene rings is 2. The van der Waals surface area contributed by atoms with Gasteiger partial charge in [-0.25, -0.2) is 4.79 Å². The molecule has 0 radical (unpaired) electrons. The number of imide groups is 3. The summed E-state index contributed by atoms with van der Waals surface area (Å²) in [6, 6.07) is 11.3. The minimum atomic E-state index is -1.17. The van der Waals surface area contributed by atoms with Gasteiger partial charge >= 0.3 is 10.9 Å². The summed E-state index contributed by atoms with van der Waals surface area (Å²) >= 11 is 7.71. The predicted octanol–water partition coefficient (Wildman–Crippen LogP) is 2.58. The highest BCUT2D eigenvalue weighted by Crippen LogP contribution is 2.53. The van der Waals surface area contributed by atoms with Gasteiger partial charge in [0.2, 0.25) is 11.8 Å². The molecule has 2 aromatic carbocycles. The van der Waals surface area contributed by atoms with E-state index in [2.05, 4.69) is 5.32 Å². The van der Waals surface area contributed by atoms with Gasteiger partial charge in [-0.05, 0) is 42.0 Å². The summed E-state index contributed by atoms with van der Waals surface area (Å²) in [5, 5.41) is 12.3. The third kappa shape index (κ3) is 4.06. The molecule has 2 aliphatic heterocycles. The van der Waals surface area contributed by atoms with Gasteiger partial charge in [-0.3, -0.25) is 23.7 Å². The highest BCUT2D eigenvalue weighted by atomic mass is 35.5. The van der Waals surface area contributed by atoms with Gasteiger partial charge in [0, 0.05) is 21.5 Å². The van der Waals surface area contributed by atoms with Gasteiger partial charge in [-0.2, -0.15) is 4.90 Å². The van der Waals surface area contributed by atoms with Crippen LogP contribution in [0.1, 0.15) is 16.4 Å². The first-order chi connectivity index (χ1) is 17.2. The number of carbonyl (C=O) groups excluding carboxylic acids is 4. The fraction of sp³-hybridized carbons (Fsp3) is 0.174. The minimum Gasteiger partial charge on any atom is -0.508 e. The second-order valence-corrected chi connectivity index (χ2v) is 10.7. The Morgan fingerprint density at radius 1 is 1.03 bits per heavy atom. The van der Waals surface area contributed by atoms with Crippen molar-refractivity contribution in [2.45, 2.75) is 22.7 Å². The van der Waals surface area contributed by atoms with Crippen molar-refractivity contribution in [3.8, 4) is 5.75 Å². The zero-order valence-corrected chi connectivity index (χ0v) is 20.6. The molecule has 5 rings (SSSR count). The van der Waals surface area contributed by atoms with E-state index >= 15 is 0 Å². The average Bonchev–Trinajstić information content (AvgIpc) is 3.27. The fourth-order valence-corrected chi connectivity index (χ4v) is 7.29. The van der Waals surface area contributed by atoms with Crippen LogP contribution in [0.2, 0.25) is 5.02 Å². The number of aromatic hydroxyl groups is 1. The van der Waals surface area contributed by atoms with Crippen LogP contribution in [0.15, 0.2) is 58.4 Å². The highest BCUT2D eigenvalue weighted by molar-refractivity contribution is 8.00. The molecule has 4 N–H and O–H groups in total. The molecule has 0 spiro atoms.